The number of carbonyl (C=O) groups is 1. The molecule has 54 heavy (non-hydrogen) atoms. The van der Waals surface area contributed by atoms with E-state index in [1.54, 1.807) is 0 Å². The Morgan fingerprint density at radius 2 is 1.07 bits per heavy atom. The van der Waals surface area contributed by atoms with Gasteiger partial charge in [0.1, 0.15) is 19.3 Å². The summed E-state index contributed by atoms with van der Waals surface area (Å²) >= 11 is 0. The number of esters is 1. The van der Waals surface area contributed by atoms with Crippen LogP contribution in [0.4, 0.5) is 0 Å². The van der Waals surface area contributed by atoms with Crippen LogP contribution >= 0.6 is 7.82 Å². The topological polar surface area (TPSA) is 91.3 Å². The number of carbonyl (C=O) groups excluding carboxylic acids is 1. The minimum atomic E-state index is -4.27. The summed E-state index contributed by atoms with van der Waals surface area (Å²) < 4.78 is 34.9. The second-order valence-corrected chi connectivity index (χ2v) is 17.2. The first kappa shape index (κ1) is 52.5. The lowest BCUT2D eigenvalue weighted by Crippen LogP contribution is -2.37. The largest absolute Gasteiger partial charge is 0.472 e. The molecule has 0 aromatic carbocycles. The van der Waals surface area contributed by atoms with Gasteiger partial charge in [0.2, 0.25) is 0 Å². The number of allylic oxidation sites excluding steroid dienone is 8. The lowest BCUT2D eigenvalue weighted by molar-refractivity contribution is -0.870. The maximum Gasteiger partial charge on any atom is 0.472 e. The Bertz CT molecular complexity index is 1000. The normalized spacial score (nSPS) is 14.3. The van der Waals surface area contributed by atoms with Crippen LogP contribution in [0.2, 0.25) is 0 Å². The van der Waals surface area contributed by atoms with Gasteiger partial charge in [-0.1, -0.05) is 165 Å². The minimum absolute atomic E-state index is 0.0877. The third-order valence-corrected chi connectivity index (χ3v) is 10.1. The zero-order valence-electron chi connectivity index (χ0n) is 35.7. The van der Waals surface area contributed by atoms with Crippen LogP contribution in [-0.2, 0) is 27.9 Å². The number of rotatable bonds is 40. The van der Waals surface area contributed by atoms with Crippen molar-refractivity contribution in [3.63, 3.8) is 0 Å². The van der Waals surface area contributed by atoms with E-state index in [-0.39, 0.29) is 25.8 Å². The molecule has 0 heterocycles. The Morgan fingerprint density at radius 1 is 0.593 bits per heavy atom. The first-order valence-electron chi connectivity index (χ1n) is 21.9. The fraction of sp³-hybridized carbons (Fsp3) is 0.800. The van der Waals surface area contributed by atoms with E-state index in [1.807, 2.05) is 21.1 Å². The summed E-state index contributed by atoms with van der Waals surface area (Å²) in [6, 6.07) is 0. The van der Waals surface area contributed by atoms with Gasteiger partial charge in [0, 0.05) is 13.0 Å². The van der Waals surface area contributed by atoms with Gasteiger partial charge >= 0.3 is 13.8 Å². The lowest BCUT2D eigenvalue weighted by atomic mass is 10.1. The van der Waals surface area contributed by atoms with Crippen molar-refractivity contribution in [3.8, 4) is 0 Å². The van der Waals surface area contributed by atoms with Crippen LogP contribution in [0.15, 0.2) is 48.6 Å². The van der Waals surface area contributed by atoms with E-state index in [2.05, 4.69) is 62.5 Å². The molecule has 9 heteroatoms. The molecule has 0 aliphatic heterocycles. The van der Waals surface area contributed by atoms with Crippen molar-refractivity contribution in [2.75, 3.05) is 54.1 Å². The summed E-state index contributed by atoms with van der Waals surface area (Å²) in [5, 5.41) is 0. The number of nitrogens with zero attached hydrogens (tertiary/aromatic N) is 1. The van der Waals surface area contributed by atoms with Crippen molar-refractivity contribution in [1.82, 2.24) is 0 Å². The second kappa shape index (κ2) is 38.3. The highest BCUT2D eigenvalue weighted by atomic mass is 31.2. The van der Waals surface area contributed by atoms with Gasteiger partial charge in [0.25, 0.3) is 0 Å². The molecule has 0 rings (SSSR count). The quantitative estimate of drug-likeness (QED) is 0.0218. The highest BCUT2D eigenvalue weighted by molar-refractivity contribution is 7.47. The van der Waals surface area contributed by atoms with Crippen LogP contribution < -0.4 is 0 Å². The molecular formula is C45H85NO7P+. The number of hydrogen-bond donors (Lipinski definition) is 1. The van der Waals surface area contributed by atoms with Gasteiger partial charge in [0.15, 0.2) is 0 Å². The Morgan fingerprint density at radius 3 is 1.61 bits per heavy atom. The van der Waals surface area contributed by atoms with E-state index in [0.29, 0.717) is 24.1 Å². The third kappa shape index (κ3) is 41.6. The van der Waals surface area contributed by atoms with Crippen molar-refractivity contribution < 1.29 is 37.3 Å². The van der Waals surface area contributed by atoms with Crippen LogP contribution in [0.5, 0.6) is 0 Å². The van der Waals surface area contributed by atoms with Crippen molar-refractivity contribution in [2.45, 2.75) is 180 Å². The molecule has 0 saturated heterocycles. The summed E-state index contributed by atoms with van der Waals surface area (Å²) in [4.78, 5) is 22.7. The molecule has 2 unspecified atom stereocenters. The predicted molar refractivity (Wildman–Crippen MR) is 229 cm³/mol. The molecule has 0 bridgehead atoms. The molecule has 0 spiro atoms. The van der Waals surface area contributed by atoms with E-state index in [1.165, 1.54) is 96.3 Å². The Kier molecular flexibility index (Phi) is 37.2. The van der Waals surface area contributed by atoms with Gasteiger partial charge in [-0.05, 0) is 51.4 Å². The Balaban J connectivity index is 4.05. The predicted octanol–water partition coefficient (Wildman–Crippen LogP) is 12.8. The molecule has 0 radical (unpaired) electrons. The van der Waals surface area contributed by atoms with Crippen LogP contribution in [-0.4, -0.2) is 75.6 Å². The van der Waals surface area contributed by atoms with Crippen LogP contribution in [0.25, 0.3) is 0 Å². The number of likely N-dealkylation sites (N-methyl/N-ethyl adjacent to an activating group) is 1. The van der Waals surface area contributed by atoms with Gasteiger partial charge < -0.3 is 18.9 Å². The van der Waals surface area contributed by atoms with Crippen LogP contribution in [0.1, 0.15) is 174 Å². The van der Waals surface area contributed by atoms with Gasteiger partial charge in [-0.15, -0.1) is 0 Å². The average molecular weight is 783 g/mol. The number of phosphoric acid groups is 1. The minimum Gasteiger partial charge on any atom is -0.457 e. The number of quaternary nitrogens is 1. The summed E-state index contributed by atoms with van der Waals surface area (Å²) in [6.07, 6.45) is 45.9. The number of ether oxygens (including phenoxy) is 2. The van der Waals surface area contributed by atoms with E-state index in [0.717, 1.165) is 57.8 Å². The molecular weight excluding hydrogens is 697 g/mol. The second-order valence-electron chi connectivity index (χ2n) is 15.7. The lowest BCUT2D eigenvalue weighted by Gasteiger charge is -2.24. The zero-order chi connectivity index (χ0) is 39.9. The third-order valence-electron chi connectivity index (χ3n) is 9.15. The average Bonchev–Trinajstić information content (AvgIpc) is 3.12. The van der Waals surface area contributed by atoms with E-state index in [9.17, 15) is 14.3 Å². The molecule has 0 aromatic rings. The van der Waals surface area contributed by atoms with Crippen molar-refractivity contribution in [3.05, 3.63) is 48.6 Å². The molecule has 8 nitrogen and oxygen atoms in total. The van der Waals surface area contributed by atoms with Crippen molar-refractivity contribution in [2.24, 2.45) is 0 Å². The molecule has 0 aromatic heterocycles. The summed E-state index contributed by atoms with van der Waals surface area (Å²) in [7, 11) is 1.66. The van der Waals surface area contributed by atoms with Crippen LogP contribution in [0.3, 0.4) is 0 Å². The fourth-order valence-corrected chi connectivity index (χ4v) is 6.52. The molecule has 0 aliphatic rings. The molecule has 2 atom stereocenters. The summed E-state index contributed by atoms with van der Waals surface area (Å²) in [6.45, 7) is 5.47. The van der Waals surface area contributed by atoms with Gasteiger partial charge in [-0.2, -0.15) is 0 Å². The number of phosphoric ester groups is 1. The molecule has 316 valence electrons. The number of hydrogen-bond acceptors (Lipinski definition) is 6. The SMILES string of the molecule is CC/C=C\C/C=C\C/C=C\C/C=C\CCCCCCCCCCCCCOCC(COP(=O)(O)OCC[N+](C)(C)C)OC(=O)CCCCCCCCCC. The highest BCUT2D eigenvalue weighted by Crippen LogP contribution is 2.43. The fourth-order valence-electron chi connectivity index (χ4n) is 5.78. The van der Waals surface area contributed by atoms with Crippen molar-refractivity contribution >= 4 is 13.8 Å². The van der Waals surface area contributed by atoms with Gasteiger partial charge in [-0.3, -0.25) is 13.8 Å². The van der Waals surface area contributed by atoms with Gasteiger partial charge in [-0.25, -0.2) is 4.57 Å². The molecule has 0 fully saturated rings. The molecule has 0 amide bonds. The van der Waals surface area contributed by atoms with Crippen LogP contribution in [0, 0.1) is 0 Å². The Labute approximate surface area is 333 Å². The maximum absolute atomic E-state index is 12.6. The first-order chi connectivity index (χ1) is 26.1. The van der Waals surface area contributed by atoms with Gasteiger partial charge in [0.05, 0.1) is 34.4 Å². The summed E-state index contributed by atoms with van der Waals surface area (Å²) in [5.41, 5.74) is 0. The maximum atomic E-state index is 12.6. The Hall–Kier alpha value is -1.54. The zero-order valence-corrected chi connectivity index (χ0v) is 36.6. The number of unbranched alkanes of at least 4 members (excludes halogenated alkanes) is 18. The molecule has 0 aliphatic carbocycles. The van der Waals surface area contributed by atoms with E-state index >= 15 is 0 Å². The smallest absolute Gasteiger partial charge is 0.457 e. The van der Waals surface area contributed by atoms with E-state index in [4.69, 9.17) is 18.5 Å². The van der Waals surface area contributed by atoms with Crippen molar-refractivity contribution in [1.29, 1.82) is 0 Å². The highest BCUT2D eigenvalue weighted by Gasteiger charge is 2.26. The van der Waals surface area contributed by atoms with E-state index < -0.39 is 13.9 Å². The summed E-state index contributed by atoms with van der Waals surface area (Å²) in [5.74, 6) is -0.321. The monoisotopic (exact) mass is 783 g/mol. The first-order valence-corrected chi connectivity index (χ1v) is 23.4. The molecule has 0 saturated carbocycles. The molecule has 1 N–H and O–H groups in total. The standard InChI is InChI=1S/C45H84NO7P/c1-6-8-10-12-14-16-17-18-19-20-21-22-23-24-25-26-27-28-29-30-31-33-35-37-40-50-42-44(43-52-54(48,49)51-41-39-46(3,4)5)53-45(47)38-36-34-32-15-13-11-9-7-2/h8,10,14,16,18-19,21-22,44H,6-7,9,11-13,15,17,20,23-43H2,1-5H3/p+1/b10-8-,16-14-,19-18-,22-21-.